The van der Waals surface area contributed by atoms with Gasteiger partial charge in [0, 0.05) is 49.3 Å². The summed E-state index contributed by atoms with van der Waals surface area (Å²) < 4.78 is 52.0. The molecular formula is C72H79F3N8O8. The van der Waals surface area contributed by atoms with Crippen molar-refractivity contribution >= 4 is 35.6 Å². The third-order valence-electron chi connectivity index (χ3n) is 14.0. The zero-order chi connectivity index (χ0) is 66.3. The molecular weight excluding hydrogens is 1160 g/mol. The average Bonchev–Trinajstić information content (AvgIpc) is 2.06. The van der Waals surface area contributed by atoms with Gasteiger partial charge in [-0.3, -0.25) is 4.79 Å². The highest BCUT2D eigenvalue weighted by Crippen LogP contribution is 2.33. The number of aromatic nitrogens is 3. The zero-order valence-corrected chi connectivity index (χ0v) is 52.7. The first-order valence-corrected chi connectivity index (χ1v) is 29.5. The molecule has 0 bridgehead atoms. The molecule has 0 saturated heterocycles. The fourth-order valence-corrected chi connectivity index (χ4v) is 8.93. The number of nitrogens with one attached hydrogen (secondary N) is 3. The number of carboxylic acids is 1. The number of nitrogens with zero attached hydrogens (tertiary/aromatic N) is 4. The van der Waals surface area contributed by atoms with Gasteiger partial charge in [0.15, 0.2) is 11.5 Å². The number of aldehydes is 1. The molecule has 3 heterocycles. The number of alkyl halides is 3. The quantitative estimate of drug-likeness (QED) is 0.0567. The number of aromatic carboxylic acids is 1. The lowest BCUT2D eigenvalue weighted by Crippen LogP contribution is -2.34. The van der Waals surface area contributed by atoms with Gasteiger partial charge in [0.25, 0.3) is 0 Å². The lowest BCUT2D eigenvalue weighted by Gasteiger charge is -2.22. The first-order valence-electron chi connectivity index (χ1n) is 29.5. The van der Waals surface area contributed by atoms with Crippen molar-refractivity contribution in [2.75, 3.05) is 23.7 Å². The Bertz CT molecular complexity index is 3850. The maximum Gasteiger partial charge on any atom is 0.416 e. The second-order valence-electron chi connectivity index (χ2n) is 20.4. The van der Waals surface area contributed by atoms with Crippen LogP contribution in [0.3, 0.4) is 0 Å². The molecule has 10 rings (SSSR count). The van der Waals surface area contributed by atoms with Crippen LogP contribution < -0.4 is 21.7 Å². The van der Waals surface area contributed by atoms with E-state index in [1.54, 1.807) is 37.8 Å². The predicted molar refractivity (Wildman–Crippen MR) is 351 cm³/mol. The molecule has 3 amide bonds. The monoisotopic (exact) mass is 1240 g/mol. The maximum atomic E-state index is 12.8. The number of anilines is 2. The molecule has 91 heavy (non-hydrogen) atoms. The van der Waals surface area contributed by atoms with Gasteiger partial charge >= 0.3 is 18.2 Å². The van der Waals surface area contributed by atoms with Crippen LogP contribution in [-0.2, 0) is 41.8 Å². The van der Waals surface area contributed by atoms with E-state index in [-0.39, 0.29) is 29.6 Å². The zero-order valence-electron chi connectivity index (χ0n) is 52.7. The van der Waals surface area contributed by atoms with Gasteiger partial charge in [0.1, 0.15) is 46.1 Å². The molecule has 7 aromatic carbocycles. The summed E-state index contributed by atoms with van der Waals surface area (Å²) in [6.45, 7) is 20.1. The molecule has 0 unspecified atom stereocenters. The summed E-state index contributed by atoms with van der Waals surface area (Å²) in [6, 6.07) is 58.3. The van der Waals surface area contributed by atoms with Crippen molar-refractivity contribution in [1.82, 2.24) is 25.7 Å². The third kappa shape index (κ3) is 22.1. The number of hydrogen-bond acceptors (Lipinski definition) is 12. The van der Waals surface area contributed by atoms with Crippen molar-refractivity contribution < 1.29 is 51.0 Å². The summed E-state index contributed by atoms with van der Waals surface area (Å²) in [5.74, 6) is 0.456. The summed E-state index contributed by atoms with van der Waals surface area (Å²) in [4.78, 5) is 46.7. The number of aryl methyl sites for hydroxylation is 7. The van der Waals surface area contributed by atoms with Crippen LogP contribution in [0.2, 0.25) is 0 Å². The van der Waals surface area contributed by atoms with Crippen LogP contribution in [-0.4, -0.2) is 62.8 Å². The second-order valence-corrected chi connectivity index (χ2v) is 20.4. The van der Waals surface area contributed by atoms with Crippen molar-refractivity contribution in [2.45, 2.75) is 101 Å². The molecule has 0 aliphatic heterocycles. The van der Waals surface area contributed by atoms with Crippen molar-refractivity contribution in [3.8, 4) is 33.8 Å². The molecule has 0 atom stereocenters. The summed E-state index contributed by atoms with van der Waals surface area (Å²) in [7, 11) is 0. The van der Waals surface area contributed by atoms with E-state index in [2.05, 4.69) is 102 Å². The molecule has 0 aliphatic rings. The van der Waals surface area contributed by atoms with E-state index in [1.807, 2.05) is 116 Å². The van der Waals surface area contributed by atoms with Gasteiger partial charge < -0.3 is 50.1 Å². The molecule has 476 valence electrons. The van der Waals surface area contributed by atoms with Crippen LogP contribution >= 0.6 is 0 Å². The number of rotatable bonds is 16. The highest BCUT2D eigenvalue weighted by Gasteiger charge is 2.32. The molecule has 0 aliphatic carbocycles. The van der Waals surface area contributed by atoms with Gasteiger partial charge in [0.2, 0.25) is 5.91 Å². The molecule has 6 N–H and O–H groups in total. The maximum absolute atomic E-state index is 12.8. The smallest absolute Gasteiger partial charge is 0.416 e. The number of carbonyl (C=O) groups excluding carboxylic acids is 3. The third-order valence-corrected chi connectivity index (χ3v) is 14.0. The number of benzene rings is 7. The molecule has 3 aromatic heterocycles. The Balaban J connectivity index is 0.000000212. The molecule has 0 spiro atoms. The van der Waals surface area contributed by atoms with Crippen molar-refractivity contribution in [3.63, 3.8) is 0 Å². The number of carboxylic acid groups (broad SMARTS) is 1. The fourth-order valence-electron chi connectivity index (χ4n) is 8.93. The van der Waals surface area contributed by atoms with Crippen molar-refractivity contribution in [1.29, 1.82) is 0 Å². The summed E-state index contributed by atoms with van der Waals surface area (Å²) in [5.41, 5.74) is 17.7. The van der Waals surface area contributed by atoms with Crippen LogP contribution in [0.1, 0.15) is 99.3 Å². The first kappa shape index (κ1) is 71.5. The van der Waals surface area contributed by atoms with Gasteiger partial charge in [-0.2, -0.15) is 13.2 Å². The Morgan fingerprint density at radius 3 is 1.37 bits per heavy atom. The van der Waals surface area contributed by atoms with E-state index in [4.69, 9.17) is 29.2 Å². The Kier molecular flexibility index (Phi) is 29.0. The van der Waals surface area contributed by atoms with E-state index < -0.39 is 17.7 Å². The molecule has 16 nitrogen and oxygen atoms in total. The van der Waals surface area contributed by atoms with Crippen LogP contribution in [0.25, 0.3) is 33.8 Å². The number of carbonyl (C=O) groups is 4. The summed E-state index contributed by atoms with van der Waals surface area (Å²) in [5, 5.41) is 30.2. The van der Waals surface area contributed by atoms with Gasteiger partial charge in [0.05, 0.1) is 5.56 Å². The molecule has 0 radical (unpaired) electrons. The van der Waals surface area contributed by atoms with Gasteiger partial charge in [-0.1, -0.05) is 204 Å². The van der Waals surface area contributed by atoms with Gasteiger partial charge in [-0.15, -0.1) is 0 Å². The Labute approximate surface area is 529 Å². The summed E-state index contributed by atoms with van der Waals surface area (Å²) in [6.07, 6.45) is -2.41. The van der Waals surface area contributed by atoms with Crippen molar-refractivity contribution in [3.05, 3.63) is 255 Å². The largest absolute Gasteiger partial charge is 0.477 e. The van der Waals surface area contributed by atoms with E-state index in [9.17, 15) is 27.6 Å². The first-order chi connectivity index (χ1) is 43.8. The molecule has 19 heteroatoms. The number of urea groups is 1. The number of halogens is 3. The SMILES string of the molecule is CC=O.CCN(Cc1ccccc1C)C(=O)Nc1c(-c2ccccc2)noc1C.CCNCc1ccccc1C.Cc1ccccc1CCC(=O)Nc1c(-c2ccccc2)noc1C.Cc1onc(-c2ccccc2)c1C(=O)O.NCc1ccccc1C(F)(F)F. The predicted octanol–water partition coefficient (Wildman–Crippen LogP) is 16.4. The standard InChI is InChI=1S/C21H23N3O2.C20H20N2O2.C11H9NO3.C10H15N.C8H8F3N.C2H4O/c1-4-24(14-18-13-9-8-10-15(18)2)21(25)22-19-16(3)26-23-20(19)17-11-6-5-7-12-17;1-14-8-6-7-9-16(14)12-13-18(23)21-19-15(2)24-22-20(19)17-10-4-3-5-11-17;1-7-9(11(13)14)10(12-15-7)8-5-3-2-4-6-8;1-3-11-8-10-7-5-4-6-9(10)2;9-8(10,11)7-4-2-1-3-6(7)5-12;1-2-3/h5-13H,4,14H2,1-3H3,(H,22,25);3-11H,12-13H2,1-2H3,(H,21,23);2-6H,1H3,(H,13,14);4-7,11H,3,8H2,1-2H3;1-4H,5,12H2;2H,1H3. The normalized spacial score (nSPS) is 10.4. The molecule has 10 aromatic rings. The summed E-state index contributed by atoms with van der Waals surface area (Å²) >= 11 is 0. The van der Waals surface area contributed by atoms with Crippen LogP contribution in [0.5, 0.6) is 0 Å². The van der Waals surface area contributed by atoms with Crippen LogP contribution in [0.4, 0.5) is 29.3 Å². The van der Waals surface area contributed by atoms with Gasteiger partial charge in [-0.05, 0) is 113 Å². The van der Waals surface area contributed by atoms with Crippen LogP contribution in [0, 0.1) is 41.5 Å². The minimum Gasteiger partial charge on any atom is -0.477 e. The number of hydrogen-bond donors (Lipinski definition) is 5. The molecule has 0 fully saturated rings. The van der Waals surface area contributed by atoms with Crippen LogP contribution in [0.15, 0.2) is 202 Å². The van der Waals surface area contributed by atoms with E-state index in [0.29, 0.717) is 71.7 Å². The molecule has 0 saturated carbocycles. The Hall–Kier alpha value is -10.2. The highest BCUT2D eigenvalue weighted by atomic mass is 19.4. The minimum absolute atomic E-state index is 0.0401. The van der Waals surface area contributed by atoms with Crippen molar-refractivity contribution in [2.24, 2.45) is 5.73 Å². The highest BCUT2D eigenvalue weighted by molar-refractivity contribution is 5.96. The minimum atomic E-state index is -4.30. The van der Waals surface area contributed by atoms with E-state index >= 15 is 0 Å². The van der Waals surface area contributed by atoms with E-state index in [0.717, 1.165) is 47.7 Å². The van der Waals surface area contributed by atoms with Gasteiger partial charge in [-0.25, -0.2) is 9.59 Å². The Morgan fingerprint density at radius 2 is 0.945 bits per heavy atom. The number of amides is 3. The lowest BCUT2D eigenvalue weighted by molar-refractivity contribution is -0.138. The Morgan fingerprint density at radius 1 is 0.549 bits per heavy atom. The second kappa shape index (κ2) is 36.9. The van der Waals surface area contributed by atoms with E-state index in [1.165, 1.54) is 52.9 Å². The lowest BCUT2D eigenvalue weighted by atomic mass is 10.0. The fraction of sp³-hybridized carbons (Fsp3) is 0.236. The average molecular weight is 1240 g/mol. The number of nitrogens with two attached hydrogens (primary N) is 1. The topological polar surface area (TPSA) is 232 Å².